The first-order chi connectivity index (χ1) is 7.99. The van der Waals surface area contributed by atoms with Crippen molar-refractivity contribution in [2.24, 2.45) is 18.2 Å². The SMILES string of the molecule is CCC(CC)(CN)C(=O)Nc1cn(C)nc1C. The molecule has 0 aromatic carbocycles. The van der Waals surface area contributed by atoms with Crippen LogP contribution in [0, 0.1) is 12.3 Å². The Hall–Kier alpha value is -1.36. The van der Waals surface area contributed by atoms with Crippen LogP contribution in [0.15, 0.2) is 6.20 Å². The summed E-state index contributed by atoms with van der Waals surface area (Å²) in [6.07, 6.45) is 3.29. The van der Waals surface area contributed by atoms with Gasteiger partial charge in [-0.05, 0) is 19.8 Å². The second-order valence-corrected chi connectivity index (χ2v) is 4.45. The second kappa shape index (κ2) is 5.31. The van der Waals surface area contributed by atoms with Gasteiger partial charge in [0.15, 0.2) is 0 Å². The van der Waals surface area contributed by atoms with E-state index < -0.39 is 5.41 Å². The molecule has 5 heteroatoms. The molecule has 0 fully saturated rings. The summed E-state index contributed by atoms with van der Waals surface area (Å²) in [6, 6.07) is 0. The minimum absolute atomic E-state index is 0.0129. The normalized spacial score (nSPS) is 11.6. The van der Waals surface area contributed by atoms with Gasteiger partial charge in [-0.15, -0.1) is 0 Å². The van der Waals surface area contributed by atoms with Gasteiger partial charge in [0.2, 0.25) is 5.91 Å². The van der Waals surface area contributed by atoms with Gasteiger partial charge in [0.05, 0.1) is 16.8 Å². The second-order valence-electron chi connectivity index (χ2n) is 4.45. The first kappa shape index (κ1) is 13.7. The van der Waals surface area contributed by atoms with Crippen molar-refractivity contribution < 1.29 is 4.79 Å². The van der Waals surface area contributed by atoms with Gasteiger partial charge in [-0.2, -0.15) is 5.10 Å². The lowest BCUT2D eigenvalue weighted by Gasteiger charge is -2.28. The van der Waals surface area contributed by atoms with Crippen LogP contribution in [-0.2, 0) is 11.8 Å². The fourth-order valence-corrected chi connectivity index (χ4v) is 1.93. The predicted molar refractivity (Wildman–Crippen MR) is 68.6 cm³/mol. The van der Waals surface area contributed by atoms with E-state index in [0.717, 1.165) is 24.2 Å². The maximum Gasteiger partial charge on any atom is 0.231 e. The summed E-state index contributed by atoms with van der Waals surface area (Å²) in [5.41, 5.74) is 6.85. The Morgan fingerprint density at radius 1 is 1.53 bits per heavy atom. The first-order valence-electron chi connectivity index (χ1n) is 6.00. The van der Waals surface area contributed by atoms with Crippen LogP contribution >= 0.6 is 0 Å². The summed E-state index contributed by atoms with van der Waals surface area (Å²) in [6.45, 7) is 6.22. The minimum Gasteiger partial charge on any atom is -0.329 e. The molecule has 0 aliphatic carbocycles. The van der Waals surface area contributed by atoms with Crippen LogP contribution in [-0.4, -0.2) is 22.2 Å². The van der Waals surface area contributed by atoms with Crippen LogP contribution in [0.1, 0.15) is 32.4 Å². The van der Waals surface area contributed by atoms with Crippen molar-refractivity contribution in [2.75, 3.05) is 11.9 Å². The summed E-state index contributed by atoms with van der Waals surface area (Å²) in [7, 11) is 1.83. The zero-order chi connectivity index (χ0) is 13.1. The molecule has 17 heavy (non-hydrogen) atoms. The van der Waals surface area contributed by atoms with Crippen molar-refractivity contribution in [1.29, 1.82) is 0 Å². The number of nitrogens with one attached hydrogen (secondary N) is 1. The number of aryl methyl sites for hydroxylation is 2. The zero-order valence-corrected chi connectivity index (χ0v) is 11.1. The molecule has 1 rings (SSSR count). The third kappa shape index (κ3) is 2.66. The standard InChI is InChI=1S/C12H22N4O/c1-5-12(6-2,8-13)11(17)14-10-7-16(4)15-9(10)3/h7H,5-6,8,13H2,1-4H3,(H,14,17). The number of hydrogen-bond donors (Lipinski definition) is 2. The topological polar surface area (TPSA) is 72.9 Å². The average molecular weight is 238 g/mol. The number of carbonyl (C=O) groups is 1. The Morgan fingerprint density at radius 2 is 2.12 bits per heavy atom. The Bertz CT molecular complexity index is 385. The van der Waals surface area contributed by atoms with Crippen LogP contribution < -0.4 is 11.1 Å². The Balaban J connectivity index is 2.88. The monoisotopic (exact) mass is 238 g/mol. The van der Waals surface area contributed by atoms with E-state index in [2.05, 4.69) is 10.4 Å². The number of amides is 1. The molecule has 3 N–H and O–H groups in total. The zero-order valence-electron chi connectivity index (χ0n) is 11.1. The number of aromatic nitrogens is 2. The fourth-order valence-electron chi connectivity index (χ4n) is 1.93. The molecule has 0 saturated carbocycles. The molecule has 0 spiro atoms. The maximum atomic E-state index is 12.3. The highest BCUT2D eigenvalue weighted by molar-refractivity contribution is 5.95. The molecule has 0 unspecified atom stereocenters. The number of hydrogen-bond acceptors (Lipinski definition) is 3. The van der Waals surface area contributed by atoms with Crippen molar-refractivity contribution >= 4 is 11.6 Å². The lowest BCUT2D eigenvalue weighted by molar-refractivity contribution is -0.125. The van der Waals surface area contributed by atoms with Gasteiger partial charge in [0, 0.05) is 19.8 Å². The third-order valence-electron chi connectivity index (χ3n) is 3.49. The molecule has 0 radical (unpaired) electrons. The Labute approximate surface area is 102 Å². The van der Waals surface area contributed by atoms with E-state index >= 15 is 0 Å². The van der Waals surface area contributed by atoms with Crippen LogP contribution in [0.5, 0.6) is 0 Å². The van der Waals surface area contributed by atoms with E-state index in [1.165, 1.54) is 0 Å². The van der Waals surface area contributed by atoms with E-state index in [4.69, 9.17) is 5.73 Å². The molecule has 1 heterocycles. The van der Waals surface area contributed by atoms with Gasteiger partial charge in [-0.25, -0.2) is 0 Å². The largest absolute Gasteiger partial charge is 0.329 e. The molecule has 0 aliphatic rings. The van der Waals surface area contributed by atoms with Gasteiger partial charge in [0.1, 0.15) is 0 Å². The van der Waals surface area contributed by atoms with Crippen LogP contribution in [0.2, 0.25) is 0 Å². The molecule has 0 atom stereocenters. The molecular formula is C12H22N4O. The fraction of sp³-hybridized carbons (Fsp3) is 0.667. The van der Waals surface area contributed by atoms with Gasteiger partial charge in [-0.3, -0.25) is 9.48 Å². The highest BCUT2D eigenvalue weighted by atomic mass is 16.2. The predicted octanol–water partition coefficient (Wildman–Crippen LogP) is 1.43. The van der Waals surface area contributed by atoms with Gasteiger partial charge in [0.25, 0.3) is 0 Å². The van der Waals surface area contributed by atoms with Crippen molar-refractivity contribution in [2.45, 2.75) is 33.6 Å². The van der Waals surface area contributed by atoms with Crippen molar-refractivity contribution in [3.8, 4) is 0 Å². The number of rotatable bonds is 5. The van der Waals surface area contributed by atoms with Crippen molar-refractivity contribution in [3.63, 3.8) is 0 Å². The maximum absolute atomic E-state index is 12.3. The summed E-state index contributed by atoms with van der Waals surface area (Å²) in [5.74, 6) is -0.0129. The summed E-state index contributed by atoms with van der Waals surface area (Å²) in [4.78, 5) is 12.3. The Kier molecular flexibility index (Phi) is 4.28. The van der Waals surface area contributed by atoms with Crippen LogP contribution in [0.3, 0.4) is 0 Å². The first-order valence-corrected chi connectivity index (χ1v) is 6.00. The van der Waals surface area contributed by atoms with Gasteiger partial charge < -0.3 is 11.1 Å². The Morgan fingerprint density at radius 3 is 2.47 bits per heavy atom. The lowest BCUT2D eigenvalue weighted by atomic mass is 9.81. The molecule has 1 aromatic heterocycles. The molecular weight excluding hydrogens is 216 g/mol. The average Bonchev–Trinajstić information content (AvgIpc) is 2.61. The van der Waals surface area contributed by atoms with E-state index in [1.807, 2.05) is 27.8 Å². The highest BCUT2D eigenvalue weighted by Gasteiger charge is 2.33. The lowest BCUT2D eigenvalue weighted by Crippen LogP contribution is -2.41. The molecule has 1 amide bonds. The van der Waals surface area contributed by atoms with E-state index in [0.29, 0.717) is 6.54 Å². The molecule has 96 valence electrons. The van der Waals surface area contributed by atoms with Gasteiger partial charge in [-0.1, -0.05) is 13.8 Å². The number of nitrogens with two attached hydrogens (primary N) is 1. The molecule has 0 saturated heterocycles. The van der Waals surface area contributed by atoms with E-state index in [9.17, 15) is 4.79 Å². The van der Waals surface area contributed by atoms with Crippen LogP contribution in [0.25, 0.3) is 0 Å². The molecule has 0 bridgehead atoms. The minimum atomic E-state index is -0.470. The molecule has 0 aliphatic heterocycles. The number of nitrogens with zero attached hydrogens (tertiary/aromatic N) is 2. The summed E-state index contributed by atoms with van der Waals surface area (Å²) < 4.78 is 1.69. The van der Waals surface area contributed by atoms with Gasteiger partial charge >= 0.3 is 0 Å². The smallest absolute Gasteiger partial charge is 0.231 e. The number of anilines is 1. The summed E-state index contributed by atoms with van der Waals surface area (Å²) >= 11 is 0. The highest BCUT2D eigenvalue weighted by Crippen LogP contribution is 2.27. The number of carbonyl (C=O) groups excluding carboxylic acids is 1. The van der Waals surface area contributed by atoms with E-state index in [1.54, 1.807) is 10.9 Å². The van der Waals surface area contributed by atoms with E-state index in [-0.39, 0.29) is 5.91 Å². The molecule has 1 aromatic rings. The van der Waals surface area contributed by atoms with Crippen molar-refractivity contribution in [1.82, 2.24) is 9.78 Å². The quantitative estimate of drug-likeness (QED) is 0.815. The third-order valence-corrected chi connectivity index (χ3v) is 3.49. The summed E-state index contributed by atoms with van der Waals surface area (Å²) in [5, 5.41) is 7.12. The van der Waals surface area contributed by atoms with Crippen LogP contribution in [0.4, 0.5) is 5.69 Å². The molecule has 5 nitrogen and oxygen atoms in total. The van der Waals surface area contributed by atoms with Crippen molar-refractivity contribution in [3.05, 3.63) is 11.9 Å².